The number of ether oxygens (including phenoxy) is 2. The molecule has 0 fully saturated rings. The fourth-order valence-corrected chi connectivity index (χ4v) is 4.25. The minimum absolute atomic E-state index is 0.246. The Balaban J connectivity index is 1.86. The lowest BCUT2D eigenvalue weighted by Crippen LogP contribution is -2.00. The number of hydrogen-bond acceptors (Lipinski definition) is 3. The zero-order chi connectivity index (χ0) is 21.4. The summed E-state index contributed by atoms with van der Waals surface area (Å²) in [4.78, 5) is 0. The highest BCUT2D eigenvalue weighted by Gasteiger charge is 2.19. The van der Waals surface area contributed by atoms with E-state index in [4.69, 9.17) is 9.47 Å². The third-order valence-electron chi connectivity index (χ3n) is 5.74. The molecule has 4 nitrogen and oxygen atoms in total. The van der Waals surface area contributed by atoms with E-state index in [1.54, 1.807) is 14.2 Å². The summed E-state index contributed by atoms with van der Waals surface area (Å²) in [7, 11) is 3.32. The number of phenols is 1. The second kappa shape index (κ2) is 7.73. The van der Waals surface area contributed by atoms with Gasteiger partial charge in [0.15, 0.2) is 0 Å². The van der Waals surface area contributed by atoms with Crippen molar-refractivity contribution in [2.24, 2.45) is 0 Å². The van der Waals surface area contributed by atoms with E-state index in [2.05, 4.69) is 22.8 Å². The first-order valence-corrected chi connectivity index (χ1v) is 10.2. The van der Waals surface area contributed by atoms with E-state index in [1.807, 2.05) is 66.7 Å². The summed E-state index contributed by atoms with van der Waals surface area (Å²) in [5.41, 5.74) is 5.00. The Kier molecular flexibility index (Phi) is 4.75. The maximum Gasteiger partial charge on any atom is 0.132 e. The van der Waals surface area contributed by atoms with E-state index in [0.29, 0.717) is 6.54 Å². The van der Waals surface area contributed by atoms with Gasteiger partial charge in [-0.05, 0) is 23.3 Å². The molecule has 0 aliphatic rings. The molecule has 0 amide bonds. The Morgan fingerprint density at radius 3 is 2.16 bits per heavy atom. The second-order valence-corrected chi connectivity index (χ2v) is 7.55. The van der Waals surface area contributed by atoms with Crippen LogP contribution in [0.1, 0.15) is 5.56 Å². The molecule has 0 atom stereocenters. The van der Waals surface area contributed by atoms with Crippen molar-refractivity contribution in [2.75, 3.05) is 14.2 Å². The van der Waals surface area contributed by atoms with Crippen molar-refractivity contribution >= 4 is 21.8 Å². The van der Waals surface area contributed by atoms with Gasteiger partial charge in [-0.25, -0.2) is 0 Å². The van der Waals surface area contributed by atoms with Gasteiger partial charge in [0.25, 0.3) is 0 Å². The standard InChI is InChI=1S/C27H23NO3/c1-30-20-13-24-27(26(14-20)31-2)22-16-25(29)21(19-11-7-4-8-12-19)15-23(22)28(24)17-18-9-5-3-6-10-18/h3-16,29H,17H2,1-2H3. The predicted molar refractivity (Wildman–Crippen MR) is 125 cm³/mol. The molecule has 0 aliphatic heterocycles. The van der Waals surface area contributed by atoms with E-state index < -0.39 is 0 Å². The number of rotatable bonds is 5. The fraction of sp³-hybridized carbons (Fsp3) is 0.111. The van der Waals surface area contributed by atoms with Gasteiger partial charge in [-0.3, -0.25) is 0 Å². The van der Waals surface area contributed by atoms with E-state index in [1.165, 1.54) is 5.56 Å². The average Bonchev–Trinajstić information content (AvgIpc) is 3.11. The van der Waals surface area contributed by atoms with Crippen LogP contribution >= 0.6 is 0 Å². The van der Waals surface area contributed by atoms with Gasteiger partial charge in [0.1, 0.15) is 17.2 Å². The normalized spacial score (nSPS) is 11.2. The van der Waals surface area contributed by atoms with Crippen molar-refractivity contribution < 1.29 is 14.6 Å². The lowest BCUT2D eigenvalue weighted by atomic mass is 10.0. The molecule has 0 saturated heterocycles. The Labute approximate surface area is 180 Å². The summed E-state index contributed by atoms with van der Waals surface area (Å²) >= 11 is 0. The Morgan fingerprint density at radius 1 is 0.774 bits per heavy atom. The van der Waals surface area contributed by atoms with Crippen LogP contribution < -0.4 is 9.47 Å². The summed E-state index contributed by atoms with van der Waals surface area (Å²) in [6, 6.07) is 28.1. The number of phenolic OH excluding ortho intramolecular Hbond substituents is 1. The molecule has 0 saturated carbocycles. The number of benzene rings is 4. The topological polar surface area (TPSA) is 43.6 Å². The molecular formula is C27H23NO3. The van der Waals surface area contributed by atoms with Crippen molar-refractivity contribution in [1.29, 1.82) is 0 Å². The molecule has 4 heteroatoms. The van der Waals surface area contributed by atoms with Crippen molar-refractivity contribution in [1.82, 2.24) is 4.57 Å². The lowest BCUT2D eigenvalue weighted by molar-refractivity contribution is 0.398. The molecule has 0 unspecified atom stereocenters. The van der Waals surface area contributed by atoms with Crippen LogP contribution in [0.25, 0.3) is 32.9 Å². The highest BCUT2D eigenvalue weighted by atomic mass is 16.5. The molecule has 0 bridgehead atoms. The Morgan fingerprint density at radius 2 is 1.48 bits per heavy atom. The summed E-state index contributed by atoms with van der Waals surface area (Å²) in [5.74, 6) is 1.70. The molecule has 5 aromatic rings. The molecule has 31 heavy (non-hydrogen) atoms. The summed E-state index contributed by atoms with van der Waals surface area (Å²) < 4.78 is 13.5. The summed E-state index contributed by atoms with van der Waals surface area (Å²) in [5, 5.41) is 12.8. The van der Waals surface area contributed by atoms with Gasteiger partial charge < -0.3 is 19.1 Å². The first kappa shape index (κ1) is 19.1. The number of nitrogens with zero attached hydrogens (tertiary/aromatic N) is 1. The van der Waals surface area contributed by atoms with Crippen LogP contribution in [0.3, 0.4) is 0 Å². The monoisotopic (exact) mass is 409 g/mol. The first-order chi connectivity index (χ1) is 15.2. The number of aromatic hydroxyl groups is 1. The number of aromatic nitrogens is 1. The number of fused-ring (bicyclic) bond motifs is 3. The highest BCUT2D eigenvalue weighted by Crippen LogP contribution is 2.43. The van der Waals surface area contributed by atoms with E-state index in [9.17, 15) is 5.11 Å². The molecule has 1 aromatic heterocycles. The molecule has 1 N–H and O–H groups in total. The van der Waals surface area contributed by atoms with Gasteiger partial charge in [0.05, 0.1) is 25.3 Å². The van der Waals surface area contributed by atoms with Crippen molar-refractivity contribution in [2.45, 2.75) is 6.54 Å². The van der Waals surface area contributed by atoms with Crippen LogP contribution in [-0.4, -0.2) is 23.9 Å². The number of hydrogen-bond donors (Lipinski definition) is 1. The Bertz CT molecular complexity index is 1370. The summed E-state index contributed by atoms with van der Waals surface area (Å²) in [6.07, 6.45) is 0. The van der Waals surface area contributed by atoms with E-state index >= 15 is 0 Å². The van der Waals surface area contributed by atoms with Crippen molar-refractivity contribution in [3.8, 4) is 28.4 Å². The third kappa shape index (κ3) is 3.26. The van der Waals surface area contributed by atoms with Crippen LogP contribution in [0, 0.1) is 0 Å². The fourth-order valence-electron chi connectivity index (χ4n) is 4.25. The van der Waals surface area contributed by atoms with Gasteiger partial charge in [-0.2, -0.15) is 0 Å². The molecule has 0 radical (unpaired) electrons. The van der Waals surface area contributed by atoms with Crippen LogP contribution in [0.15, 0.2) is 84.9 Å². The largest absolute Gasteiger partial charge is 0.507 e. The SMILES string of the molecule is COc1cc(OC)c2c3cc(O)c(-c4ccccc4)cc3n(Cc3ccccc3)c2c1. The second-order valence-electron chi connectivity index (χ2n) is 7.55. The molecule has 5 rings (SSSR count). The van der Waals surface area contributed by atoms with E-state index in [0.717, 1.165) is 44.4 Å². The smallest absolute Gasteiger partial charge is 0.132 e. The van der Waals surface area contributed by atoms with E-state index in [-0.39, 0.29) is 5.75 Å². The van der Waals surface area contributed by atoms with Gasteiger partial charge in [-0.1, -0.05) is 60.7 Å². The number of methoxy groups -OCH3 is 2. The molecular weight excluding hydrogens is 386 g/mol. The molecule has 4 aromatic carbocycles. The zero-order valence-corrected chi connectivity index (χ0v) is 17.5. The zero-order valence-electron chi connectivity index (χ0n) is 17.5. The van der Waals surface area contributed by atoms with Gasteiger partial charge in [-0.15, -0.1) is 0 Å². The molecule has 1 heterocycles. The minimum atomic E-state index is 0.246. The molecule has 0 aliphatic carbocycles. The third-order valence-corrected chi connectivity index (χ3v) is 5.74. The average molecular weight is 409 g/mol. The first-order valence-electron chi connectivity index (χ1n) is 10.2. The van der Waals surface area contributed by atoms with Crippen LogP contribution in [-0.2, 0) is 6.54 Å². The van der Waals surface area contributed by atoms with Crippen LogP contribution in [0.2, 0.25) is 0 Å². The minimum Gasteiger partial charge on any atom is -0.507 e. The Hall–Kier alpha value is -3.92. The molecule has 0 spiro atoms. The van der Waals surface area contributed by atoms with Gasteiger partial charge >= 0.3 is 0 Å². The lowest BCUT2D eigenvalue weighted by Gasteiger charge is -2.11. The van der Waals surface area contributed by atoms with Gasteiger partial charge in [0, 0.05) is 35.0 Å². The molecule has 154 valence electrons. The van der Waals surface area contributed by atoms with Crippen molar-refractivity contribution in [3.63, 3.8) is 0 Å². The van der Waals surface area contributed by atoms with Gasteiger partial charge in [0.2, 0.25) is 0 Å². The maximum absolute atomic E-state index is 10.9. The predicted octanol–water partition coefficient (Wildman–Crippen LogP) is 6.23. The summed E-state index contributed by atoms with van der Waals surface area (Å²) in [6.45, 7) is 0.691. The van der Waals surface area contributed by atoms with Crippen LogP contribution in [0.4, 0.5) is 0 Å². The van der Waals surface area contributed by atoms with Crippen molar-refractivity contribution in [3.05, 3.63) is 90.5 Å². The maximum atomic E-state index is 10.9. The van der Waals surface area contributed by atoms with Crippen LogP contribution in [0.5, 0.6) is 17.2 Å². The highest BCUT2D eigenvalue weighted by molar-refractivity contribution is 6.13. The quantitative estimate of drug-likeness (QED) is 0.374.